The second-order valence-corrected chi connectivity index (χ2v) is 11.5. The standard InChI is InChI=1S/C31H43N5O5/c1-19-7-14-26-24(6-5-15-32-26)18-41-20(2)17-33-28(23-10-11-23)31(40)36(4)21(3)29(38)35-27(30(39)34-19)16-22-8-12-25(37)13-9-22/h5-6,8-9,12-13,15,19-21,23,27-28,33,37H,7,10-11,14,16-18H2,1-4H3,(H,34,39)(H,35,38)/t19-,20+,21+,27+,28-/m0/s1. The van der Waals surface area contributed by atoms with Crippen molar-refractivity contribution in [1.29, 1.82) is 0 Å². The summed E-state index contributed by atoms with van der Waals surface area (Å²) in [6, 6.07) is 8.22. The largest absolute Gasteiger partial charge is 0.508 e. The van der Waals surface area contributed by atoms with Crippen LogP contribution in [0.5, 0.6) is 5.75 Å². The molecule has 3 amide bonds. The van der Waals surface area contributed by atoms with Gasteiger partial charge in [0.2, 0.25) is 17.7 Å². The van der Waals surface area contributed by atoms with E-state index in [0.717, 1.165) is 29.7 Å². The molecule has 4 N–H and O–H groups in total. The number of phenolic OH excluding ortho intramolecular Hbond substituents is 1. The van der Waals surface area contributed by atoms with Crippen molar-refractivity contribution in [2.45, 2.75) is 89.8 Å². The molecule has 1 aromatic heterocycles. The van der Waals surface area contributed by atoms with Gasteiger partial charge in [0.1, 0.15) is 17.8 Å². The van der Waals surface area contributed by atoms with Crippen LogP contribution in [0.15, 0.2) is 42.6 Å². The first-order valence-electron chi connectivity index (χ1n) is 14.6. The summed E-state index contributed by atoms with van der Waals surface area (Å²) in [4.78, 5) is 46.4. The van der Waals surface area contributed by atoms with Gasteiger partial charge in [-0.25, -0.2) is 0 Å². The molecule has 0 radical (unpaired) electrons. The minimum absolute atomic E-state index is 0.123. The molecule has 5 atom stereocenters. The van der Waals surface area contributed by atoms with Gasteiger partial charge < -0.3 is 30.7 Å². The summed E-state index contributed by atoms with van der Waals surface area (Å²) in [5.41, 5.74) is 2.70. The van der Waals surface area contributed by atoms with Crippen molar-refractivity contribution in [1.82, 2.24) is 25.8 Å². The van der Waals surface area contributed by atoms with Crippen LogP contribution in [0.25, 0.3) is 0 Å². The molecule has 1 fully saturated rings. The van der Waals surface area contributed by atoms with Gasteiger partial charge in [-0.3, -0.25) is 19.4 Å². The number of pyridine rings is 1. The number of hydrogen-bond donors (Lipinski definition) is 4. The van der Waals surface area contributed by atoms with Crippen molar-refractivity contribution in [2.24, 2.45) is 5.92 Å². The van der Waals surface area contributed by atoms with Crippen LogP contribution < -0.4 is 16.0 Å². The minimum Gasteiger partial charge on any atom is -0.508 e. The van der Waals surface area contributed by atoms with Gasteiger partial charge in [-0.2, -0.15) is 0 Å². The topological polar surface area (TPSA) is 133 Å². The molecule has 2 heterocycles. The van der Waals surface area contributed by atoms with Gasteiger partial charge in [-0.05, 0) is 81.7 Å². The van der Waals surface area contributed by atoms with E-state index in [-0.39, 0.29) is 42.0 Å². The number of benzene rings is 1. The third kappa shape index (κ3) is 8.50. The Labute approximate surface area is 242 Å². The van der Waals surface area contributed by atoms with E-state index in [1.165, 1.54) is 4.90 Å². The summed E-state index contributed by atoms with van der Waals surface area (Å²) in [5.74, 6) is -0.523. The SMILES string of the molecule is C[C@@H]1CN[C@@H](C2CC2)C(=O)N(C)[C@H](C)C(=O)N[C@H](Cc2ccc(O)cc2)C(=O)N[C@@H](C)CCc2ncccc2CO1. The zero-order valence-corrected chi connectivity index (χ0v) is 24.4. The monoisotopic (exact) mass is 565 g/mol. The first-order valence-corrected chi connectivity index (χ1v) is 14.6. The molecule has 0 spiro atoms. The number of amides is 3. The molecule has 1 aromatic carbocycles. The average Bonchev–Trinajstić information content (AvgIpc) is 3.80. The van der Waals surface area contributed by atoms with E-state index in [4.69, 9.17) is 4.74 Å². The summed E-state index contributed by atoms with van der Waals surface area (Å²) in [7, 11) is 1.63. The fourth-order valence-corrected chi connectivity index (χ4v) is 5.02. The Kier molecular flexibility index (Phi) is 10.3. The molecule has 0 bridgehead atoms. The van der Waals surface area contributed by atoms with Crippen molar-refractivity contribution in [2.75, 3.05) is 13.6 Å². The molecular weight excluding hydrogens is 522 g/mol. The van der Waals surface area contributed by atoms with Crippen LogP contribution in [0.3, 0.4) is 0 Å². The Morgan fingerprint density at radius 3 is 2.44 bits per heavy atom. The molecule has 1 saturated carbocycles. The summed E-state index contributed by atoms with van der Waals surface area (Å²) < 4.78 is 6.13. The summed E-state index contributed by atoms with van der Waals surface area (Å²) in [6.45, 7) is 6.49. The number of nitrogens with zero attached hydrogens (tertiary/aromatic N) is 2. The normalized spacial score (nSPS) is 27.6. The third-order valence-electron chi connectivity index (χ3n) is 8.01. The number of nitrogens with one attached hydrogen (secondary N) is 3. The zero-order valence-electron chi connectivity index (χ0n) is 24.4. The average molecular weight is 566 g/mol. The van der Waals surface area contributed by atoms with Crippen LogP contribution >= 0.6 is 0 Å². The van der Waals surface area contributed by atoms with Crippen molar-refractivity contribution < 1.29 is 24.2 Å². The molecule has 2 aliphatic rings. The molecule has 1 aliphatic carbocycles. The summed E-state index contributed by atoms with van der Waals surface area (Å²) in [5, 5.41) is 19.0. The molecule has 10 heteroatoms. The number of fused-ring (bicyclic) bond motifs is 1. The van der Waals surface area contributed by atoms with Crippen molar-refractivity contribution in [3.05, 3.63) is 59.4 Å². The van der Waals surface area contributed by atoms with Gasteiger partial charge >= 0.3 is 0 Å². The number of aromatic nitrogens is 1. The lowest BCUT2D eigenvalue weighted by Crippen LogP contribution is -2.57. The number of ether oxygens (including phenoxy) is 1. The number of carbonyl (C=O) groups excluding carboxylic acids is 3. The lowest BCUT2D eigenvalue weighted by Gasteiger charge is -2.30. The van der Waals surface area contributed by atoms with Gasteiger partial charge in [0, 0.05) is 37.9 Å². The fraction of sp³-hybridized carbons (Fsp3) is 0.548. The Morgan fingerprint density at radius 2 is 1.73 bits per heavy atom. The lowest BCUT2D eigenvalue weighted by molar-refractivity contribution is -0.141. The highest BCUT2D eigenvalue weighted by molar-refractivity contribution is 5.93. The smallest absolute Gasteiger partial charge is 0.243 e. The lowest BCUT2D eigenvalue weighted by atomic mass is 10.0. The molecule has 2 aromatic rings. The van der Waals surface area contributed by atoms with Crippen LogP contribution in [0.2, 0.25) is 0 Å². The molecule has 10 nitrogen and oxygen atoms in total. The van der Waals surface area contributed by atoms with E-state index in [0.29, 0.717) is 26.0 Å². The maximum absolute atomic E-state index is 13.5. The molecule has 0 saturated heterocycles. The van der Waals surface area contributed by atoms with Crippen LogP contribution in [0.4, 0.5) is 0 Å². The van der Waals surface area contributed by atoms with Crippen LogP contribution in [0.1, 0.15) is 56.9 Å². The first-order chi connectivity index (χ1) is 19.6. The highest BCUT2D eigenvalue weighted by Gasteiger charge is 2.39. The summed E-state index contributed by atoms with van der Waals surface area (Å²) in [6.07, 6.45) is 5.09. The number of hydrogen-bond acceptors (Lipinski definition) is 7. The Hall–Kier alpha value is -3.50. The van der Waals surface area contributed by atoms with Crippen LogP contribution in [0, 0.1) is 5.92 Å². The molecule has 0 unspecified atom stereocenters. The van der Waals surface area contributed by atoms with E-state index in [9.17, 15) is 19.5 Å². The van der Waals surface area contributed by atoms with Crippen molar-refractivity contribution >= 4 is 17.7 Å². The van der Waals surface area contributed by atoms with Gasteiger partial charge in [0.25, 0.3) is 0 Å². The van der Waals surface area contributed by atoms with E-state index in [2.05, 4.69) is 20.9 Å². The van der Waals surface area contributed by atoms with Gasteiger partial charge in [-0.15, -0.1) is 0 Å². The molecule has 222 valence electrons. The van der Waals surface area contributed by atoms with Gasteiger partial charge in [0.15, 0.2) is 0 Å². The quantitative estimate of drug-likeness (QED) is 0.448. The first kappa shape index (κ1) is 30.5. The Bertz CT molecular complexity index is 1200. The predicted octanol–water partition coefficient (Wildman–Crippen LogP) is 2.09. The number of likely N-dealkylation sites (N-methyl/N-ethyl adjacent to an activating group) is 1. The molecule has 4 rings (SSSR count). The Morgan fingerprint density at radius 1 is 1.00 bits per heavy atom. The Balaban J connectivity index is 1.58. The zero-order chi connectivity index (χ0) is 29.5. The van der Waals surface area contributed by atoms with Crippen molar-refractivity contribution in [3.63, 3.8) is 0 Å². The molecular formula is C31H43N5O5. The third-order valence-corrected chi connectivity index (χ3v) is 8.01. The second kappa shape index (κ2) is 13.9. The highest BCUT2D eigenvalue weighted by atomic mass is 16.5. The molecule has 41 heavy (non-hydrogen) atoms. The fourth-order valence-electron chi connectivity index (χ4n) is 5.02. The number of rotatable bonds is 3. The van der Waals surface area contributed by atoms with Gasteiger partial charge in [0.05, 0.1) is 18.8 Å². The number of aryl methyl sites for hydroxylation is 1. The predicted molar refractivity (Wildman–Crippen MR) is 155 cm³/mol. The second-order valence-electron chi connectivity index (χ2n) is 11.5. The minimum atomic E-state index is -0.862. The maximum atomic E-state index is 13.5. The van der Waals surface area contributed by atoms with Gasteiger partial charge in [-0.1, -0.05) is 18.2 Å². The number of phenols is 1. The molecule has 1 aliphatic heterocycles. The highest BCUT2D eigenvalue weighted by Crippen LogP contribution is 2.33. The van der Waals surface area contributed by atoms with Crippen LogP contribution in [-0.2, 0) is 38.6 Å². The van der Waals surface area contributed by atoms with E-state index >= 15 is 0 Å². The number of aromatic hydroxyl groups is 1. The van der Waals surface area contributed by atoms with Crippen molar-refractivity contribution in [3.8, 4) is 5.75 Å². The van der Waals surface area contributed by atoms with Crippen LogP contribution in [-0.4, -0.2) is 76.6 Å². The number of carbonyl (C=O) groups is 3. The van der Waals surface area contributed by atoms with E-state index < -0.39 is 24.0 Å². The van der Waals surface area contributed by atoms with E-state index in [1.54, 1.807) is 44.4 Å². The maximum Gasteiger partial charge on any atom is 0.243 e. The van der Waals surface area contributed by atoms with E-state index in [1.807, 2.05) is 26.0 Å². The summed E-state index contributed by atoms with van der Waals surface area (Å²) >= 11 is 0.